The first-order valence-corrected chi connectivity index (χ1v) is 5.83. The van der Waals surface area contributed by atoms with Gasteiger partial charge in [-0.1, -0.05) is 0 Å². The molecule has 1 aliphatic heterocycles. The van der Waals surface area contributed by atoms with Crippen molar-refractivity contribution in [1.82, 2.24) is 14.8 Å². The smallest absolute Gasteiger partial charge is 0.200 e. The van der Waals surface area contributed by atoms with Gasteiger partial charge in [0.1, 0.15) is 5.82 Å². The van der Waals surface area contributed by atoms with Gasteiger partial charge in [0.15, 0.2) is 16.8 Å². The summed E-state index contributed by atoms with van der Waals surface area (Å²) in [6.07, 6.45) is 3.33. The number of hydrogen-bond acceptors (Lipinski definition) is 3. The van der Waals surface area contributed by atoms with Crippen LogP contribution in [0.15, 0.2) is 16.5 Å². The highest BCUT2D eigenvalue weighted by molar-refractivity contribution is 6.28. The average Bonchev–Trinajstić information content (AvgIpc) is 2.84. The third-order valence-corrected chi connectivity index (χ3v) is 3.23. The van der Waals surface area contributed by atoms with Crippen LogP contribution in [-0.4, -0.2) is 14.8 Å². The van der Waals surface area contributed by atoms with Crippen molar-refractivity contribution in [3.05, 3.63) is 23.2 Å². The van der Waals surface area contributed by atoms with Gasteiger partial charge < -0.3 is 8.98 Å². The summed E-state index contributed by atoms with van der Waals surface area (Å²) in [5.74, 6) is 2.52. The molecule has 1 atom stereocenters. The molecule has 2 aromatic heterocycles. The second-order valence-electron chi connectivity index (χ2n) is 4.15. The zero-order valence-corrected chi connectivity index (χ0v) is 9.74. The number of nitrogens with zero attached hydrogens (tertiary/aromatic N) is 3. The van der Waals surface area contributed by atoms with Gasteiger partial charge in [0, 0.05) is 12.5 Å². The minimum absolute atomic E-state index is 0.385. The molecule has 0 radical (unpaired) electrons. The fraction of sp³-hybridized carbons (Fsp3) is 0.455. The Labute approximate surface area is 98.2 Å². The minimum Gasteiger partial charge on any atom is -0.441 e. The zero-order valence-electron chi connectivity index (χ0n) is 8.98. The zero-order chi connectivity index (χ0) is 11.1. The topological polar surface area (TPSA) is 43.9 Å². The van der Waals surface area contributed by atoms with Gasteiger partial charge in [-0.3, -0.25) is 0 Å². The highest BCUT2D eigenvalue weighted by Gasteiger charge is 2.23. The van der Waals surface area contributed by atoms with Crippen LogP contribution in [-0.2, 0) is 6.42 Å². The van der Waals surface area contributed by atoms with Crippen LogP contribution in [0.25, 0.3) is 11.6 Å². The Balaban J connectivity index is 2.12. The average molecular weight is 238 g/mol. The van der Waals surface area contributed by atoms with Gasteiger partial charge in [-0.2, -0.15) is 0 Å². The summed E-state index contributed by atoms with van der Waals surface area (Å²) in [6, 6.07) is 3.99. The molecule has 0 fully saturated rings. The van der Waals surface area contributed by atoms with Crippen molar-refractivity contribution in [1.29, 1.82) is 0 Å². The SMILES string of the molecule is CC1CCCc2nnc(-c3ccc(Cl)o3)n21. The van der Waals surface area contributed by atoms with E-state index < -0.39 is 0 Å². The van der Waals surface area contributed by atoms with Crippen LogP contribution < -0.4 is 0 Å². The molecule has 0 amide bonds. The highest BCUT2D eigenvalue weighted by Crippen LogP contribution is 2.31. The fourth-order valence-corrected chi connectivity index (χ4v) is 2.39. The van der Waals surface area contributed by atoms with Gasteiger partial charge >= 0.3 is 0 Å². The van der Waals surface area contributed by atoms with Gasteiger partial charge in [0.05, 0.1) is 0 Å². The van der Waals surface area contributed by atoms with E-state index in [-0.39, 0.29) is 0 Å². The molecule has 0 aliphatic carbocycles. The van der Waals surface area contributed by atoms with Crippen molar-refractivity contribution in [2.24, 2.45) is 0 Å². The van der Waals surface area contributed by atoms with Gasteiger partial charge in [0.2, 0.25) is 0 Å². The van der Waals surface area contributed by atoms with Gasteiger partial charge in [0.25, 0.3) is 0 Å². The standard InChI is InChI=1S/C11H12ClN3O/c1-7-3-2-4-10-13-14-11(15(7)10)8-5-6-9(12)16-8/h5-7H,2-4H2,1H3. The van der Waals surface area contributed by atoms with E-state index in [4.69, 9.17) is 16.0 Å². The lowest BCUT2D eigenvalue weighted by atomic mass is 10.1. The summed E-state index contributed by atoms with van der Waals surface area (Å²) in [5, 5.41) is 8.78. The quantitative estimate of drug-likeness (QED) is 0.766. The van der Waals surface area contributed by atoms with Crippen molar-refractivity contribution < 1.29 is 4.42 Å². The Hall–Kier alpha value is -1.29. The van der Waals surface area contributed by atoms with Crippen molar-refractivity contribution in [3.63, 3.8) is 0 Å². The Morgan fingerprint density at radius 3 is 3.06 bits per heavy atom. The molecule has 5 heteroatoms. The molecule has 1 unspecified atom stereocenters. The number of aromatic nitrogens is 3. The van der Waals surface area contributed by atoms with Crippen molar-refractivity contribution in [3.8, 4) is 11.6 Å². The van der Waals surface area contributed by atoms with Crippen LogP contribution >= 0.6 is 11.6 Å². The van der Waals surface area contributed by atoms with Gasteiger partial charge in [-0.05, 0) is 43.5 Å². The third-order valence-electron chi connectivity index (χ3n) is 3.02. The molecule has 0 saturated carbocycles. The van der Waals surface area contributed by atoms with Crippen molar-refractivity contribution >= 4 is 11.6 Å². The van der Waals surface area contributed by atoms with E-state index in [1.807, 2.05) is 6.07 Å². The molecule has 1 aliphatic rings. The summed E-state index contributed by atoms with van der Waals surface area (Å²) in [6.45, 7) is 2.18. The number of furan rings is 1. The van der Waals surface area contributed by atoms with Crippen LogP contribution in [0.5, 0.6) is 0 Å². The van der Waals surface area contributed by atoms with E-state index in [1.54, 1.807) is 6.07 Å². The Morgan fingerprint density at radius 2 is 2.31 bits per heavy atom. The normalized spacial score (nSPS) is 19.8. The molecule has 3 rings (SSSR count). The predicted molar refractivity (Wildman–Crippen MR) is 60.4 cm³/mol. The van der Waals surface area contributed by atoms with E-state index in [1.165, 1.54) is 6.42 Å². The highest BCUT2D eigenvalue weighted by atomic mass is 35.5. The van der Waals surface area contributed by atoms with E-state index in [0.29, 0.717) is 17.0 Å². The second kappa shape index (κ2) is 3.63. The lowest BCUT2D eigenvalue weighted by molar-refractivity contribution is 0.425. The molecule has 0 saturated heterocycles. The Bertz CT molecular complexity index is 517. The first kappa shape index (κ1) is 9.90. The number of fused-ring (bicyclic) bond motifs is 1. The lowest BCUT2D eigenvalue weighted by Gasteiger charge is -2.21. The summed E-state index contributed by atoms with van der Waals surface area (Å²) in [4.78, 5) is 0. The molecule has 0 spiro atoms. The van der Waals surface area contributed by atoms with Crippen molar-refractivity contribution in [2.45, 2.75) is 32.2 Å². The summed E-state index contributed by atoms with van der Waals surface area (Å²) >= 11 is 5.77. The van der Waals surface area contributed by atoms with Crippen LogP contribution in [0.4, 0.5) is 0 Å². The maximum atomic E-state index is 5.77. The largest absolute Gasteiger partial charge is 0.441 e. The number of halogens is 1. The molecule has 16 heavy (non-hydrogen) atoms. The fourth-order valence-electron chi connectivity index (χ4n) is 2.24. The van der Waals surface area contributed by atoms with E-state index in [0.717, 1.165) is 24.5 Å². The maximum absolute atomic E-state index is 5.77. The Kier molecular flexibility index (Phi) is 2.24. The van der Waals surface area contributed by atoms with Crippen LogP contribution in [0.1, 0.15) is 31.6 Å². The summed E-state index contributed by atoms with van der Waals surface area (Å²) in [5.41, 5.74) is 0. The predicted octanol–water partition coefficient (Wildman–Crippen LogP) is 3.09. The van der Waals surface area contributed by atoms with E-state index >= 15 is 0 Å². The molecule has 3 heterocycles. The molecular formula is C11H12ClN3O. The second-order valence-corrected chi connectivity index (χ2v) is 4.53. The first-order valence-electron chi connectivity index (χ1n) is 5.45. The van der Waals surface area contributed by atoms with Gasteiger partial charge in [-0.25, -0.2) is 0 Å². The molecule has 0 aromatic carbocycles. The molecule has 84 valence electrons. The van der Waals surface area contributed by atoms with Crippen LogP contribution in [0.2, 0.25) is 5.22 Å². The molecule has 2 aromatic rings. The van der Waals surface area contributed by atoms with Gasteiger partial charge in [-0.15, -0.1) is 10.2 Å². The minimum atomic E-state index is 0.385. The summed E-state index contributed by atoms with van der Waals surface area (Å²) < 4.78 is 7.54. The van der Waals surface area contributed by atoms with Crippen LogP contribution in [0.3, 0.4) is 0 Å². The van der Waals surface area contributed by atoms with Crippen LogP contribution in [0, 0.1) is 0 Å². The maximum Gasteiger partial charge on any atom is 0.200 e. The lowest BCUT2D eigenvalue weighted by Crippen LogP contribution is -2.16. The van der Waals surface area contributed by atoms with E-state index in [9.17, 15) is 0 Å². The molecule has 0 bridgehead atoms. The van der Waals surface area contributed by atoms with Crippen molar-refractivity contribution in [2.75, 3.05) is 0 Å². The molecule has 4 nitrogen and oxygen atoms in total. The van der Waals surface area contributed by atoms with E-state index in [2.05, 4.69) is 21.7 Å². The molecule has 0 N–H and O–H groups in total. The monoisotopic (exact) mass is 237 g/mol. The first-order chi connectivity index (χ1) is 7.75. The number of rotatable bonds is 1. The molecular weight excluding hydrogens is 226 g/mol. The summed E-state index contributed by atoms with van der Waals surface area (Å²) in [7, 11) is 0. The third kappa shape index (κ3) is 1.45. The Morgan fingerprint density at radius 1 is 1.44 bits per heavy atom. The number of hydrogen-bond donors (Lipinski definition) is 0. The number of aryl methyl sites for hydroxylation is 1.